The minimum Gasteiger partial charge on any atom is -0.399 e. The molecule has 0 aliphatic heterocycles. The Balaban J connectivity index is 2.12. The summed E-state index contributed by atoms with van der Waals surface area (Å²) in [5.74, 6) is -0.0452. The van der Waals surface area contributed by atoms with Gasteiger partial charge in [0.2, 0.25) is 0 Å². The second-order valence-corrected chi connectivity index (χ2v) is 6.75. The highest BCUT2D eigenvalue weighted by atomic mass is 16.1. The van der Waals surface area contributed by atoms with Crippen molar-refractivity contribution >= 4 is 17.3 Å². The highest BCUT2D eigenvalue weighted by Crippen LogP contribution is 2.36. The molecule has 1 aromatic carbocycles. The van der Waals surface area contributed by atoms with Crippen molar-refractivity contribution in [1.29, 1.82) is 0 Å². The van der Waals surface area contributed by atoms with Gasteiger partial charge in [0.25, 0.3) is 5.91 Å². The van der Waals surface area contributed by atoms with Gasteiger partial charge in [0.1, 0.15) is 0 Å². The molecule has 0 aromatic heterocycles. The van der Waals surface area contributed by atoms with Gasteiger partial charge >= 0.3 is 0 Å². The third-order valence-electron chi connectivity index (χ3n) is 4.32. The van der Waals surface area contributed by atoms with Gasteiger partial charge in [-0.3, -0.25) is 4.79 Å². The zero-order valence-electron chi connectivity index (χ0n) is 13.3. The fraction of sp³-hybridized carbons (Fsp3) is 0.588. The van der Waals surface area contributed by atoms with Crippen LogP contribution >= 0.6 is 0 Å². The molecule has 0 heterocycles. The Hall–Kier alpha value is -1.71. The molecule has 1 aromatic rings. The number of anilines is 2. The molecule has 4 heteroatoms. The molecule has 1 saturated carbocycles. The van der Waals surface area contributed by atoms with Gasteiger partial charge < -0.3 is 16.4 Å². The van der Waals surface area contributed by atoms with Gasteiger partial charge in [-0.15, -0.1) is 0 Å². The zero-order chi connectivity index (χ0) is 15.5. The van der Waals surface area contributed by atoms with Crippen LogP contribution in [0.15, 0.2) is 18.2 Å². The van der Waals surface area contributed by atoms with Crippen molar-refractivity contribution in [3.05, 3.63) is 23.8 Å². The summed E-state index contributed by atoms with van der Waals surface area (Å²) in [6.45, 7) is 7.19. The Morgan fingerprint density at radius 1 is 1.33 bits per heavy atom. The summed E-state index contributed by atoms with van der Waals surface area (Å²) in [4.78, 5) is 12.1. The number of nitrogens with two attached hydrogens (primary N) is 1. The van der Waals surface area contributed by atoms with Crippen molar-refractivity contribution in [2.45, 2.75) is 52.5 Å². The third-order valence-corrected chi connectivity index (χ3v) is 4.32. The van der Waals surface area contributed by atoms with Gasteiger partial charge in [-0.25, -0.2) is 0 Å². The molecular weight excluding hydrogens is 262 g/mol. The number of nitrogens with one attached hydrogen (secondary N) is 2. The van der Waals surface area contributed by atoms with Gasteiger partial charge in [-0.1, -0.05) is 13.8 Å². The van der Waals surface area contributed by atoms with Crippen molar-refractivity contribution in [2.75, 3.05) is 17.6 Å². The first-order chi connectivity index (χ1) is 9.91. The van der Waals surface area contributed by atoms with E-state index in [1.165, 1.54) is 12.8 Å². The van der Waals surface area contributed by atoms with Crippen LogP contribution in [0.4, 0.5) is 11.4 Å². The van der Waals surface area contributed by atoms with E-state index in [0.717, 1.165) is 18.5 Å². The van der Waals surface area contributed by atoms with Crippen molar-refractivity contribution in [3.63, 3.8) is 0 Å². The summed E-state index contributed by atoms with van der Waals surface area (Å²) in [7, 11) is 0. The van der Waals surface area contributed by atoms with Crippen molar-refractivity contribution in [2.24, 2.45) is 5.41 Å². The van der Waals surface area contributed by atoms with Crippen molar-refractivity contribution < 1.29 is 4.79 Å². The second kappa shape index (κ2) is 6.37. The van der Waals surface area contributed by atoms with Crippen LogP contribution in [0, 0.1) is 5.41 Å². The molecule has 4 nitrogen and oxygen atoms in total. The minimum absolute atomic E-state index is 0.0452. The average molecular weight is 289 g/mol. The monoisotopic (exact) mass is 289 g/mol. The second-order valence-electron chi connectivity index (χ2n) is 6.75. The molecule has 0 spiro atoms. The van der Waals surface area contributed by atoms with Crippen LogP contribution in [0.1, 0.15) is 56.8 Å². The summed E-state index contributed by atoms with van der Waals surface area (Å²) in [5, 5.41) is 6.38. The molecule has 21 heavy (non-hydrogen) atoms. The van der Waals surface area contributed by atoms with E-state index in [-0.39, 0.29) is 5.91 Å². The van der Waals surface area contributed by atoms with E-state index in [4.69, 9.17) is 5.73 Å². The van der Waals surface area contributed by atoms with Crippen LogP contribution < -0.4 is 16.4 Å². The van der Waals surface area contributed by atoms with E-state index in [1.54, 1.807) is 12.1 Å². The molecular formula is C17H27N3O. The van der Waals surface area contributed by atoms with Gasteiger partial charge in [0, 0.05) is 24.0 Å². The normalized spacial score (nSPS) is 18.2. The van der Waals surface area contributed by atoms with E-state index < -0.39 is 0 Å². The number of hydrogen-bond acceptors (Lipinski definition) is 3. The number of benzene rings is 1. The smallest absolute Gasteiger partial charge is 0.253 e. The van der Waals surface area contributed by atoms with E-state index in [1.807, 2.05) is 13.0 Å². The lowest BCUT2D eigenvalue weighted by atomic mass is 9.75. The molecule has 4 N–H and O–H groups in total. The molecule has 1 fully saturated rings. The van der Waals surface area contributed by atoms with E-state index >= 15 is 0 Å². The lowest BCUT2D eigenvalue weighted by molar-refractivity contribution is 0.0956. The highest BCUT2D eigenvalue weighted by Gasteiger charge is 2.27. The maximum Gasteiger partial charge on any atom is 0.253 e. The summed E-state index contributed by atoms with van der Waals surface area (Å²) < 4.78 is 0. The molecule has 0 bridgehead atoms. The van der Waals surface area contributed by atoms with Crippen LogP contribution in [0.3, 0.4) is 0 Å². The Kier molecular flexibility index (Phi) is 4.76. The fourth-order valence-corrected chi connectivity index (χ4v) is 2.90. The van der Waals surface area contributed by atoms with Gasteiger partial charge in [-0.2, -0.15) is 0 Å². The standard InChI is InChI=1S/C17H27N3O/c1-4-19-16(21)14-6-5-12(18)11-15(14)20-13-7-9-17(2,3)10-8-13/h5-6,11,13,20H,4,7-10,18H2,1-3H3,(H,19,21). The van der Waals surface area contributed by atoms with Crippen LogP contribution in [0.25, 0.3) is 0 Å². The van der Waals surface area contributed by atoms with Crippen LogP contribution in [0.5, 0.6) is 0 Å². The number of rotatable bonds is 4. The number of hydrogen-bond donors (Lipinski definition) is 3. The fourth-order valence-electron chi connectivity index (χ4n) is 2.90. The molecule has 2 rings (SSSR count). The lowest BCUT2D eigenvalue weighted by Gasteiger charge is -2.35. The van der Waals surface area contributed by atoms with Crippen LogP contribution in [-0.4, -0.2) is 18.5 Å². The summed E-state index contributed by atoms with van der Waals surface area (Å²) in [5.41, 5.74) is 8.53. The molecule has 1 amide bonds. The quantitative estimate of drug-likeness (QED) is 0.744. The third kappa shape index (κ3) is 4.13. The summed E-state index contributed by atoms with van der Waals surface area (Å²) in [6, 6.07) is 5.87. The minimum atomic E-state index is -0.0452. The first-order valence-corrected chi connectivity index (χ1v) is 7.85. The first-order valence-electron chi connectivity index (χ1n) is 7.85. The highest BCUT2D eigenvalue weighted by molar-refractivity contribution is 6.00. The Labute approximate surface area is 127 Å². The molecule has 1 aliphatic rings. The largest absolute Gasteiger partial charge is 0.399 e. The summed E-state index contributed by atoms with van der Waals surface area (Å²) in [6.07, 6.45) is 4.69. The maximum absolute atomic E-state index is 12.1. The first kappa shape index (κ1) is 15.7. The van der Waals surface area contributed by atoms with E-state index in [0.29, 0.717) is 29.3 Å². The lowest BCUT2D eigenvalue weighted by Crippen LogP contribution is -2.31. The van der Waals surface area contributed by atoms with Gasteiger partial charge in [-0.05, 0) is 56.2 Å². The van der Waals surface area contributed by atoms with Crippen LogP contribution in [-0.2, 0) is 0 Å². The predicted molar refractivity (Wildman–Crippen MR) is 88.5 cm³/mol. The summed E-state index contributed by atoms with van der Waals surface area (Å²) >= 11 is 0. The predicted octanol–water partition coefficient (Wildman–Crippen LogP) is 3.40. The topological polar surface area (TPSA) is 67.2 Å². The van der Waals surface area contributed by atoms with Crippen LogP contribution in [0.2, 0.25) is 0 Å². The van der Waals surface area contributed by atoms with E-state index in [2.05, 4.69) is 24.5 Å². The molecule has 0 radical (unpaired) electrons. The van der Waals surface area contributed by atoms with Gasteiger partial charge in [0.15, 0.2) is 0 Å². The molecule has 0 unspecified atom stereocenters. The Bertz CT molecular complexity index is 501. The van der Waals surface area contributed by atoms with Crippen molar-refractivity contribution in [1.82, 2.24) is 5.32 Å². The molecule has 0 saturated heterocycles. The molecule has 0 atom stereocenters. The van der Waals surface area contributed by atoms with Gasteiger partial charge in [0.05, 0.1) is 5.56 Å². The Morgan fingerprint density at radius 2 is 2.00 bits per heavy atom. The van der Waals surface area contributed by atoms with Crippen molar-refractivity contribution in [3.8, 4) is 0 Å². The molecule has 1 aliphatic carbocycles. The number of amides is 1. The SMILES string of the molecule is CCNC(=O)c1ccc(N)cc1NC1CCC(C)(C)CC1. The number of nitrogen functional groups attached to an aromatic ring is 1. The average Bonchev–Trinajstić information content (AvgIpc) is 2.41. The zero-order valence-corrected chi connectivity index (χ0v) is 13.3. The Morgan fingerprint density at radius 3 is 2.62 bits per heavy atom. The molecule has 116 valence electrons. The van der Waals surface area contributed by atoms with E-state index in [9.17, 15) is 4.79 Å². The number of carbonyl (C=O) groups is 1. The maximum atomic E-state index is 12.1. The number of carbonyl (C=O) groups excluding carboxylic acids is 1.